The molecule has 3 heteroatoms. The predicted octanol–water partition coefficient (Wildman–Crippen LogP) is 1.37. The molecule has 1 aliphatic rings. The lowest BCUT2D eigenvalue weighted by Crippen LogP contribution is -2.38. The van der Waals surface area contributed by atoms with Crippen molar-refractivity contribution in [1.82, 2.24) is 4.90 Å². The number of rotatable bonds is 5. The fourth-order valence-corrected chi connectivity index (χ4v) is 2.32. The van der Waals surface area contributed by atoms with Crippen molar-refractivity contribution in [1.29, 1.82) is 0 Å². The van der Waals surface area contributed by atoms with Gasteiger partial charge in [0.05, 0.1) is 0 Å². The summed E-state index contributed by atoms with van der Waals surface area (Å²) < 4.78 is 0. The highest BCUT2D eigenvalue weighted by Gasteiger charge is 2.20. The molecule has 0 bridgehead atoms. The van der Waals surface area contributed by atoms with Crippen LogP contribution in [0.25, 0.3) is 0 Å². The fourth-order valence-electron chi connectivity index (χ4n) is 2.32. The molecule has 0 aliphatic heterocycles. The van der Waals surface area contributed by atoms with Gasteiger partial charge in [-0.2, -0.15) is 0 Å². The smallest absolute Gasteiger partial charge is 0.209 e. The molecule has 0 aromatic carbocycles. The summed E-state index contributed by atoms with van der Waals surface area (Å²) in [5.41, 5.74) is 5.67. The van der Waals surface area contributed by atoms with E-state index in [9.17, 15) is 4.79 Å². The molecule has 1 amide bonds. The molecular formula is C11H22N2O. The first kappa shape index (κ1) is 11.5. The number of carbonyl (C=O) groups is 1. The summed E-state index contributed by atoms with van der Waals surface area (Å²) in [7, 11) is 1.83. The minimum absolute atomic E-state index is 0.246. The molecule has 0 aromatic heterocycles. The van der Waals surface area contributed by atoms with E-state index in [-0.39, 0.29) is 6.04 Å². The van der Waals surface area contributed by atoms with Gasteiger partial charge in [0, 0.05) is 19.6 Å². The number of likely N-dealkylation sites (N-methyl/N-ethyl adjacent to an activating group) is 1. The van der Waals surface area contributed by atoms with Crippen molar-refractivity contribution in [2.75, 3.05) is 13.6 Å². The number of nitrogens with zero attached hydrogens (tertiary/aromatic N) is 1. The summed E-state index contributed by atoms with van der Waals surface area (Å²) in [5.74, 6) is 0.791. The second-order valence-corrected chi connectivity index (χ2v) is 4.40. The van der Waals surface area contributed by atoms with E-state index in [0.29, 0.717) is 6.54 Å². The van der Waals surface area contributed by atoms with E-state index in [1.54, 1.807) is 4.90 Å². The van der Waals surface area contributed by atoms with Crippen molar-refractivity contribution in [3.63, 3.8) is 0 Å². The van der Waals surface area contributed by atoms with Gasteiger partial charge in [-0.1, -0.05) is 32.1 Å². The lowest BCUT2D eigenvalue weighted by Gasteiger charge is -2.29. The van der Waals surface area contributed by atoms with Gasteiger partial charge in [-0.3, -0.25) is 4.79 Å². The standard InChI is InChI=1S/C11H22N2O/c1-13(9-14)11(8-12)7-10-5-3-2-4-6-10/h9-11H,2-8,12H2,1H3. The van der Waals surface area contributed by atoms with E-state index in [0.717, 1.165) is 18.7 Å². The Bertz CT molecular complexity index is 167. The number of amides is 1. The van der Waals surface area contributed by atoms with Crippen molar-refractivity contribution in [3.05, 3.63) is 0 Å². The molecule has 0 radical (unpaired) electrons. The Labute approximate surface area is 86.6 Å². The highest BCUT2D eigenvalue weighted by atomic mass is 16.1. The normalized spacial score (nSPS) is 20.4. The summed E-state index contributed by atoms with van der Waals surface area (Å²) in [5, 5.41) is 0. The molecular weight excluding hydrogens is 176 g/mol. The number of carbonyl (C=O) groups excluding carboxylic acids is 1. The van der Waals surface area contributed by atoms with Crippen molar-refractivity contribution in [2.45, 2.75) is 44.6 Å². The van der Waals surface area contributed by atoms with E-state index in [1.807, 2.05) is 7.05 Å². The van der Waals surface area contributed by atoms with Gasteiger partial charge < -0.3 is 10.6 Å². The van der Waals surface area contributed by atoms with Gasteiger partial charge in [0.1, 0.15) is 0 Å². The van der Waals surface area contributed by atoms with Gasteiger partial charge in [0.15, 0.2) is 0 Å². The van der Waals surface area contributed by atoms with Crippen molar-refractivity contribution < 1.29 is 4.79 Å². The molecule has 1 unspecified atom stereocenters. The van der Waals surface area contributed by atoms with Crippen LogP contribution in [0.2, 0.25) is 0 Å². The highest BCUT2D eigenvalue weighted by molar-refractivity contribution is 5.47. The summed E-state index contributed by atoms with van der Waals surface area (Å²) >= 11 is 0. The zero-order chi connectivity index (χ0) is 10.4. The molecule has 1 fully saturated rings. The maximum Gasteiger partial charge on any atom is 0.209 e. The van der Waals surface area contributed by atoms with Crippen LogP contribution < -0.4 is 5.73 Å². The molecule has 1 rings (SSSR count). The molecule has 1 atom stereocenters. The van der Waals surface area contributed by atoms with E-state index in [2.05, 4.69) is 0 Å². The van der Waals surface area contributed by atoms with Crippen LogP contribution in [0.5, 0.6) is 0 Å². The Hall–Kier alpha value is -0.570. The molecule has 14 heavy (non-hydrogen) atoms. The van der Waals surface area contributed by atoms with E-state index in [4.69, 9.17) is 5.73 Å². The summed E-state index contributed by atoms with van der Waals surface area (Å²) in [6.45, 7) is 0.589. The van der Waals surface area contributed by atoms with Crippen LogP contribution >= 0.6 is 0 Å². The zero-order valence-corrected chi connectivity index (χ0v) is 9.11. The molecule has 1 saturated carbocycles. The lowest BCUT2D eigenvalue weighted by molar-refractivity contribution is -0.119. The van der Waals surface area contributed by atoms with Crippen molar-refractivity contribution in [2.24, 2.45) is 11.7 Å². The number of hydrogen-bond donors (Lipinski definition) is 1. The molecule has 0 saturated heterocycles. The maximum absolute atomic E-state index is 10.6. The Kier molecular flexibility index (Phi) is 4.94. The van der Waals surface area contributed by atoms with Crippen LogP contribution in [-0.2, 0) is 4.79 Å². The van der Waals surface area contributed by atoms with Gasteiger partial charge in [0.25, 0.3) is 0 Å². The Morgan fingerprint density at radius 3 is 2.57 bits per heavy atom. The topological polar surface area (TPSA) is 46.3 Å². The van der Waals surface area contributed by atoms with Gasteiger partial charge in [-0.25, -0.2) is 0 Å². The molecule has 0 aromatic rings. The van der Waals surface area contributed by atoms with E-state index < -0.39 is 0 Å². The average Bonchev–Trinajstić information content (AvgIpc) is 2.26. The third-order valence-electron chi connectivity index (χ3n) is 3.34. The summed E-state index contributed by atoms with van der Waals surface area (Å²) in [4.78, 5) is 12.3. The lowest BCUT2D eigenvalue weighted by atomic mass is 9.84. The largest absolute Gasteiger partial charge is 0.344 e. The van der Waals surface area contributed by atoms with Crippen LogP contribution in [0.3, 0.4) is 0 Å². The Morgan fingerprint density at radius 1 is 1.43 bits per heavy atom. The average molecular weight is 198 g/mol. The second-order valence-electron chi connectivity index (χ2n) is 4.40. The first-order valence-corrected chi connectivity index (χ1v) is 5.65. The minimum Gasteiger partial charge on any atom is -0.344 e. The zero-order valence-electron chi connectivity index (χ0n) is 9.11. The predicted molar refractivity (Wildman–Crippen MR) is 57.9 cm³/mol. The number of hydrogen-bond acceptors (Lipinski definition) is 2. The first-order valence-electron chi connectivity index (χ1n) is 5.65. The Morgan fingerprint density at radius 2 is 2.07 bits per heavy atom. The van der Waals surface area contributed by atoms with Gasteiger partial charge in [-0.15, -0.1) is 0 Å². The van der Waals surface area contributed by atoms with Crippen molar-refractivity contribution in [3.8, 4) is 0 Å². The molecule has 3 nitrogen and oxygen atoms in total. The van der Waals surface area contributed by atoms with Gasteiger partial charge >= 0.3 is 0 Å². The molecule has 82 valence electrons. The van der Waals surface area contributed by atoms with Crippen LogP contribution in [0.1, 0.15) is 38.5 Å². The van der Waals surface area contributed by atoms with Crippen molar-refractivity contribution >= 4 is 6.41 Å². The fraction of sp³-hybridized carbons (Fsp3) is 0.909. The van der Waals surface area contributed by atoms with E-state index >= 15 is 0 Å². The Balaban J connectivity index is 2.34. The van der Waals surface area contributed by atoms with Crippen LogP contribution in [0.15, 0.2) is 0 Å². The SMILES string of the molecule is CN(C=O)C(CN)CC1CCCCC1. The third-order valence-corrected chi connectivity index (χ3v) is 3.34. The molecule has 1 aliphatic carbocycles. The quantitative estimate of drug-likeness (QED) is 0.678. The molecule has 0 heterocycles. The molecule has 0 spiro atoms. The van der Waals surface area contributed by atoms with Crippen LogP contribution in [-0.4, -0.2) is 30.9 Å². The number of nitrogens with two attached hydrogens (primary N) is 1. The van der Waals surface area contributed by atoms with Gasteiger partial charge in [0.2, 0.25) is 6.41 Å². The minimum atomic E-state index is 0.246. The first-order chi connectivity index (χ1) is 6.77. The third kappa shape index (κ3) is 3.29. The van der Waals surface area contributed by atoms with Gasteiger partial charge in [-0.05, 0) is 12.3 Å². The maximum atomic E-state index is 10.6. The van der Waals surface area contributed by atoms with Crippen LogP contribution in [0, 0.1) is 5.92 Å². The summed E-state index contributed by atoms with van der Waals surface area (Å²) in [6.07, 6.45) is 8.71. The highest BCUT2D eigenvalue weighted by Crippen LogP contribution is 2.27. The van der Waals surface area contributed by atoms with Crippen LogP contribution in [0.4, 0.5) is 0 Å². The van der Waals surface area contributed by atoms with E-state index in [1.165, 1.54) is 32.1 Å². The second kappa shape index (κ2) is 6.02. The monoisotopic (exact) mass is 198 g/mol. The summed E-state index contributed by atoms with van der Waals surface area (Å²) in [6, 6.07) is 0.246. The molecule has 2 N–H and O–H groups in total.